The Kier molecular flexibility index (Phi) is 9.92. The molecule has 0 unspecified atom stereocenters. The fraction of sp³-hybridized carbons (Fsp3) is 0.300. The number of aromatic nitrogens is 3. The first kappa shape index (κ1) is 33.8. The monoisotopic (exact) mass is 1050 g/mol. The summed E-state index contributed by atoms with van der Waals surface area (Å²) in [6.07, 6.45) is -2.22. The molecule has 0 N–H and O–H groups in total. The van der Waals surface area contributed by atoms with Gasteiger partial charge in [0.25, 0.3) is 0 Å². The molecule has 0 amide bonds. The third kappa shape index (κ3) is 10.4. The van der Waals surface area contributed by atoms with Crippen LogP contribution in [0.4, 0.5) is 0 Å². The molecule has 0 aliphatic carbocycles. The average Bonchev–Trinajstić information content (AvgIpc) is 3.91. The van der Waals surface area contributed by atoms with E-state index in [-0.39, 0.29) is 36.8 Å². The normalized spacial score (nSPS) is 15.8. The summed E-state index contributed by atoms with van der Waals surface area (Å²) in [4.78, 5) is 9.32. The van der Waals surface area contributed by atoms with Gasteiger partial charge in [-0.1, -0.05) is 165 Å². The molecule has 0 spiro atoms. The van der Waals surface area contributed by atoms with Crippen LogP contribution in [0.25, 0.3) is 72.4 Å². The zero-order chi connectivity index (χ0) is 55.9. The number of aryl methyl sites for hydroxylation is 2. The molecule has 1 radical (unpaired) electrons. The van der Waals surface area contributed by atoms with Crippen LogP contribution in [0.3, 0.4) is 0 Å². The zero-order valence-electron chi connectivity index (χ0n) is 50.7. The van der Waals surface area contributed by atoms with Crippen LogP contribution in [0.5, 0.6) is 0 Å². The number of fused-ring (bicyclic) bond motifs is 4. The molecule has 9 rings (SSSR count). The number of furan rings is 1. The van der Waals surface area contributed by atoms with Crippen molar-refractivity contribution in [2.75, 3.05) is 0 Å². The molecule has 5 heteroatoms. The van der Waals surface area contributed by atoms with E-state index in [9.17, 15) is 0 Å². The molecule has 0 saturated heterocycles. The maximum absolute atomic E-state index is 9.13. The molecule has 4 nitrogen and oxygen atoms in total. The van der Waals surface area contributed by atoms with E-state index < -0.39 is 49.1 Å². The van der Waals surface area contributed by atoms with Crippen LogP contribution in [0.1, 0.15) is 131 Å². The predicted octanol–water partition coefficient (Wildman–Crippen LogP) is 16.6. The second-order valence-corrected chi connectivity index (χ2v) is 18.8. The Hall–Kier alpha value is -5.61. The van der Waals surface area contributed by atoms with Crippen molar-refractivity contribution in [2.45, 2.75) is 107 Å². The van der Waals surface area contributed by atoms with Crippen LogP contribution in [-0.4, -0.2) is 14.5 Å². The Labute approximate surface area is 417 Å². The number of rotatable bonds is 8. The number of imidazole rings is 1. The van der Waals surface area contributed by atoms with Gasteiger partial charge in [-0.3, -0.25) is 4.98 Å². The summed E-state index contributed by atoms with van der Waals surface area (Å²) in [5.74, 6) is -1.26. The van der Waals surface area contributed by atoms with E-state index in [1.807, 2.05) is 133 Å². The summed E-state index contributed by atoms with van der Waals surface area (Å²) in [5.41, 5.74) is 8.24. The third-order valence-corrected chi connectivity index (χ3v) is 10.8. The van der Waals surface area contributed by atoms with Gasteiger partial charge in [-0.05, 0) is 99.5 Å². The van der Waals surface area contributed by atoms with Crippen LogP contribution < -0.4 is 0 Å². The van der Waals surface area contributed by atoms with Crippen molar-refractivity contribution in [3.8, 4) is 39.5 Å². The van der Waals surface area contributed by atoms with Gasteiger partial charge in [-0.15, -0.1) is 53.6 Å². The first-order valence-electron chi connectivity index (χ1n) is 27.7. The summed E-state index contributed by atoms with van der Waals surface area (Å²) in [5, 5.41) is 1.91. The van der Waals surface area contributed by atoms with Crippen molar-refractivity contribution in [3.05, 3.63) is 173 Å². The largest absolute Gasteiger partial charge is 0.501 e. The van der Waals surface area contributed by atoms with E-state index in [2.05, 4.69) is 33.8 Å². The Balaban J connectivity index is 0.000000262. The Morgan fingerprint density at radius 3 is 2.09 bits per heavy atom. The van der Waals surface area contributed by atoms with Crippen LogP contribution in [-0.2, 0) is 32.9 Å². The summed E-state index contributed by atoms with van der Waals surface area (Å²) in [6.45, 7) is 13.6. The topological polar surface area (TPSA) is 43.9 Å². The smallest absolute Gasteiger partial charge is 0.121 e. The number of para-hydroxylation sites is 3. The van der Waals surface area contributed by atoms with Gasteiger partial charge in [0.1, 0.15) is 5.58 Å². The molecule has 0 bridgehead atoms. The van der Waals surface area contributed by atoms with Gasteiger partial charge in [-0.25, -0.2) is 0 Å². The molecule has 0 aliphatic rings. The molecule has 0 atom stereocenters. The first-order chi connectivity index (χ1) is 35.0. The van der Waals surface area contributed by atoms with Gasteiger partial charge in [0.15, 0.2) is 0 Å². The average molecular weight is 1050 g/mol. The number of nitrogens with zero attached hydrogens (tertiary/aromatic N) is 3. The number of hydrogen-bond donors (Lipinski definition) is 0. The van der Waals surface area contributed by atoms with Gasteiger partial charge in [-0.2, -0.15) is 0 Å². The quantitative estimate of drug-likeness (QED) is 0.142. The molecule has 6 aromatic carbocycles. The first-order valence-corrected chi connectivity index (χ1v) is 21.7. The van der Waals surface area contributed by atoms with E-state index >= 15 is 0 Å². The van der Waals surface area contributed by atoms with Crippen molar-refractivity contribution in [1.29, 1.82) is 0 Å². The molecule has 9 aromatic rings. The summed E-state index contributed by atoms with van der Waals surface area (Å²) < 4.78 is 107. The Morgan fingerprint density at radius 1 is 0.738 bits per heavy atom. The van der Waals surface area contributed by atoms with Gasteiger partial charge in [0.05, 0.1) is 22.4 Å². The second-order valence-electron chi connectivity index (χ2n) is 18.8. The summed E-state index contributed by atoms with van der Waals surface area (Å²) in [7, 11) is 0. The summed E-state index contributed by atoms with van der Waals surface area (Å²) >= 11 is 0. The van der Waals surface area contributed by atoms with Gasteiger partial charge in [0.2, 0.25) is 0 Å². The molecule has 0 fully saturated rings. The Morgan fingerprint density at radius 2 is 1.45 bits per heavy atom. The SMILES string of the molecule is [2H]C(C)(C)c1cccc(C([2H])(C)C)c1-n1c(-c2[c-]ccc3c2oc2cc(-c4ccc(C([2H])([2H])C(C)(C)C)cc4)ccc23)nc2ccccc21.[2H]C([2H])([2H])c1c[c-]c(-c2cc(C([2H])([2H])C(C)(C)C)c(C([2H])([2H])[2H])cn2)cc1.[Ir]. The minimum atomic E-state index is -2.51. The van der Waals surface area contributed by atoms with Crippen molar-refractivity contribution in [1.82, 2.24) is 14.5 Å². The molecule has 3 aromatic heterocycles. The van der Waals surface area contributed by atoms with E-state index in [1.54, 1.807) is 20.8 Å². The minimum Gasteiger partial charge on any atom is -0.501 e. The van der Waals surface area contributed by atoms with E-state index in [1.165, 1.54) is 30.5 Å². The van der Waals surface area contributed by atoms with Crippen LogP contribution in [0, 0.1) is 36.7 Å². The van der Waals surface area contributed by atoms with Gasteiger partial charge >= 0.3 is 0 Å². The molecule has 0 saturated carbocycles. The fourth-order valence-corrected chi connectivity index (χ4v) is 7.97. The van der Waals surface area contributed by atoms with Crippen molar-refractivity contribution < 1.29 is 41.0 Å². The number of hydrogen-bond acceptors (Lipinski definition) is 3. The molecular weight excluding hydrogens is 971 g/mol. The standard InChI is InChI=1S/C42H41N2O.C18H22N.Ir/c1-26(2)31-12-10-13-32(27(3)4)39(31)44-37-17-9-8-16-36(37)43-41(44)35-15-11-14-34-33-23-22-30(24-38(33)45-40(34)35)29-20-18-28(19-21-29)25-42(5,6)7;1-13-6-8-15(9-7-13)17-10-16(11-18(3,4)5)14(2)12-19-17;/h8-14,16-24,26-27H,25H2,1-7H3;6-8,10,12H,11H2,1-5H3;/q2*-1;/i25D2,26D,27D;1D3,2D3,11D2;. The van der Waals surface area contributed by atoms with Crippen molar-refractivity contribution >= 4 is 33.0 Å². The number of pyridine rings is 1. The summed E-state index contributed by atoms with van der Waals surface area (Å²) in [6, 6.07) is 43.7. The molecule has 3 heterocycles. The Bertz CT molecular complexity index is 3570. The van der Waals surface area contributed by atoms with E-state index in [0.717, 1.165) is 55.3 Å². The number of benzene rings is 6. The maximum Gasteiger partial charge on any atom is 0.121 e. The van der Waals surface area contributed by atoms with E-state index in [4.69, 9.17) is 25.9 Å². The molecular formula is C60H63IrN3O-2. The maximum atomic E-state index is 9.13. The molecule has 0 aliphatic heterocycles. The minimum absolute atomic E-state index is 0. The fourth-order valence-electron chi connectivity index (χ4n) is 7.97. The van der Waals surface area contributed by atoms with Gasteiger partial charge < -0.3 is 14.0 Å². The van der Waals surface area contributed by atoms with Crippen molar-refractivity contribution in [2.24, 2.45) is 10.8 Å². The predicted molar refractivity (Wildman–Crippen MR) is 271 cm³/mol. The molecule has 335 valence electrons. The molecule has 65 heavy (non-hydrogen) atoms. The third-order valence-electron chi connectivity index (χ3n) is 10.8. The van der Waals surface area contributed by atoms with Gasteiger partial charge in [0, 0.05) is 53.8 Å². The van der Waals surface area contributed by atoms with Crippen molar-refractivity contribution in [3.63, 3.8) is 0 Å². The second kappa shape index (κ2) is 19.1. The van der Waals surface area contributed by atoms with Crippen LogP contribution in [0.2, 0.25) is 0 Å². The van der Waals surface area contributed by atoms with E-state index in [0.29, 0.717) is 33.8 Å². The van der Waals surface area contributed by atoms with Crippen LogP contribution in [0.15, 0.2) is 132 Å². The van der Waals surface area contributed by atoms with Crippen LogP contribution >= 0.6 is 0 Å². The zero-order valence-corrected chi connectivity index (χ0v) is 41.1.